The number of aryl methyl sites for hydroxylation is 4. The number of hydrogen-bond donors (Lipinski definition) is 0. The molecule has 0 aliphatic carbocycles. The largest absolute Gasteiger partial charge is 0.489 e. The van der Waals surface area contributed by atoms with Crippen LogP contribution in [0.15, 0.2) is 53.5 Å². The summed E-state index contributed by atoms with van der Waals surface area (Å²) in [5, 5.41) is 12.3. The molecule has 2 aromatic carbocycles. The predicted octanol–water partition coefficient (Wildman–Crippen LogP) is 2.82. The van der Waals surface area contributed by atoms with Gasteiger partial charge in [-0.1, -0.05) is 19.1 Å². The second-order valence-electron chi connectivity index (χ2n) is 7.21. The lowest BCUT2D eigenvalue weighted by molar-refractivity contribution is 0.302. The summed E-state index contributed by atoms with van der Waals surface area (Å²) in [4.78, 5) is 12.4. The number of nitrogens with zero attached hydrogens (tertiary/aromatic N) is 6. The van der Waals surface area contributed by atoms with Gasteiger partial charge >= 0.3 is 5.69 Å². The smallest absolute Gasteiger partial charge is 0.368 e. The first kappa shape index (κ1) is 19.6. The highest BCUT2D eigenvalue weighted by Crippen LogP contribution is 2.27. The van der Waals surface area contributed by atoms with E-state index < -0.39 is 0 Å². The molecule has 0 saturated carbocycles. The molecule has 8 nitrogen and oxygen atoms in total. The molecule has 4 rings (SSSR count). The first-order valence-electron chi connectivity index (χ1n) is 9.81. The van der Waals surface area contributed by atoms with Crippen LogP contribution in [0, 0.1) is 6.92 Å². The molecule has 4 aromatic rings. The van der Waals surface area contributed by atoms with Gasteiger partial charge < -0.3 is 4.74 Å². The molecular weight excluding hydrogens is 380 g/mol. The van der Waals surface area contributed by atoms with Crippen LogP contribution in [0.4, 0.5) is 0 Å². The molecule has 30 heavy (non-hydrogen) atoms. The Labute approximate surface area is 174 Å². The van der Waals surface area contributed by atoms with Gasteiger partial charge in [0.25, 0.3) is 0 Å². The van der Waals surface area contributed by atoms with Gasteiger partial charge in [0.15, 0.2) is 0 Å². The van der Waals surface area contributed by atoms with Crippen LogP contribution < -0.4 is 10.4 Å². The molecule has 0 atom stereocenters. The fourth-order valence-electron chi connectivity index (χ4n) is 3.47. The summed E-state index contributed by atoms with van der Waals surface area (Å²) in [6, 6.07) is 13.8. The van der Waals surface area contributed by atoms with E-state index in [1.807, 2.05) is 56.6 Å². The lowest BCUT2D eigenvalue weighted by atomic mass is 10.0. The molecular formula is C22H24N6O2. The Kier molecular flexibility index (Phi) is 5.22. The summed E-state index contributed by atoms with van der Waals surface area (Å²) >= 11 is 0. The molecule has 2 aromatic heterocycles. The van der Waals surface area contributed by atoms with Crippen LogP contribution in [0.2, 0.25) is 0 Å². The summed E-state index contributed by atoms with van der Waals surface area (Å²) in [6.07, 6.45) is 2.74. The van der Waals surface area contributed by atoms with Crippen LogP contribution >= 0.6 is 0 Å². The SMILES string of the molecule is CCc1cccc(-n2nnn(C)c2=O)c1COc1ccc(-c2ccn(C)n2)cc1C. The second-order valence-corrected chi connectivity index (χ2v) is 7.21. The Balaban J connectivity index is 1.64. The van der Waals surface area contributed by atoms with E-state index in [2.05, 4.69) is 28.5 Å². The molecule has 0 aliphatic rings. The van der Waals surface area contributed by atoms with Crippen molar-refractivity contribution in [1.29, 1.82) is 0 Å². The number of benzene rings is 2. The molecule has 0 fully saturated rings. The van der Waals surface area contributed by atoms with Crippen molar-refractivity contribution in [3.8, 4) is 22.7 Å². The van der Waals surface area contributed by atoms with Crippen molar-refractivity contribution in [2.75, 3.05) is 0 Å². The van der Waals surface area contributed by atoms with Crippen molar-refractivity contribution in [3.63, 3.8) is 0 Å². The molecule has 0 amide bonds. The highest BCUT2D eigenvalue weighted by molar-refractivity contribution is 5.61. The molecule has 0 spiro atoms. The Morgan fingerprint density at radius 3 is 2.53 bits per heavy atom. The summed E-state index contributed by atoms with van der Waals surface area (Å²) in [7, 11) is 3.48. The van der Waals surface area contributed by atoms with Crippen LogP contribution in [0.3, 0.4) is 0 Å². The Morgan fingerprint density at radius 1 is 1.07 bits per heavy atom. The molecule has 8 heteroatoms. The maximum atomic E-state index is 12.4. The maximum absolute atomic E-state index is 12.4. The number of hydrogen-bond acceptors (Lipinski definition) is 5. The van der Waals surface area contributed by atoms with E-state index in [1.54, 1.807) is 11.7 Å². The Bertz CT molecular complexity index is 1250. The lowest BCUT2D eigenvalue weighted by Crippen LogP contribution is -2.23. The van der Waals surface area contributed by atoms with Crippen LogP contribution in [0.5, 0.6) is 5.75 Å². The van der Waals surface area contributed by atoms with Crippen molar-refractivity contribution in [2.45, 2.75) is 26.9 Å². The molecule has 0 radical (unpaired) electrons. The van der Waals surface area contributed by atoms with Gasteiger partial charge in [-0.3, -0.25) is 4.68 Å². The van der Waals surface area contributed by atoms with Gasteiger partial charge in [-0.05, 0) is 65.2 Å². The minimum Gasteiger partial charge on any atom is -0.489 e. The lowest BCUT2D eigenvalue weighted by Gasteiger charge is -2.15. The molecule has 0 N–H and O–H groups in total. The van der Waals surface area contributed by atoms with Crippen molar-refractivity contribution in [2.24, 2.45) is 14.1 Å². The molecule has 154 valence electrons. The number of ether oxygens (including phenoxy) is 1. The summed E-state index contributed by atoms with van der Waals surface area (Å²) in [6.45, 7) is 4.42. The number of tetrazole rings is 1. The van der Waals surface area contributed by atoms with Gasteiger partial charge in [0.1, 0.15) is 12.4 Å². The van der Waals surface area contributed by atoms with Crippen molar-refractivity contribution in [1.82, 2.24) is 29.6 Å². The van der Waals surface area contributed by atoms with E-state index in [-0.39, 0.29) is 5.69 Å². The average Bonchev–Trinajstić information content (AvgIpc) is 3.32. The van der Waals surface area contributed by atoms with Gasteiger partial charge in [-0.25, -0.2) is 4.79 Å². The maximum Gasteiger partial charge on any atom is 0.368 e. The van der Waals surface area contributed by atoms with Crippen molar-refractivity contribution in [3.05, 3.63) is 75.8 Å². The summed E-state index contributed by atoms with van der Waals surface area (Å²) in [5.74, 6) is 0.790. The van der Waals surface area contributed by atoms with Crippen LogP contribution in [0.25, 0.3) is 16.9 Å². The normalized spacial score (nSPS) is 11.1. The van der Waals surface area contributed by atoms with Crippen molar-refractivity contribution >= 4 is 0 Å². The van der Waals surface area contributed by atoms with Crippen LogP contribution in [-0.2, 0) is 27.1 Å². The summed E-state index contributed by atoms with van der Waals surface area (Å²) < 4.78 is 10.5. The van der Waals surface area contributed by atoms with Gasteiger partial charge in [-0.15, -0.1) is 0 Å². The van der Waals surface area contributed by atoms with Gasteiger partial charge in [-0.2, -0.15) is 14.5 Å². The third-order valence-corrected chi connectivity index (χ3v) is 5.14. The minimum atomic E-state index is -0.291. The summed E-state index contributed by atoms with van der Waals surface area (Å²) in [5.41, 5.74) is 5.42. The van der Waals surface area contributed by atoms with Gasteiger partial charge in [0, 0.05) is 31.4 Å². The second kappa shape index (κ2) is 7.98. The monoisotopic (exact) mass is 404 g/mol. The zero-order chi connectivity index (χ0) is 21.3. The molecule has 0 bridgehead atoms. The molecule has 2 heterocycles. The van der Waals surface area contributed by atoms with E-state index in [9.17, 15) is 4.79 Å². The fraction of sp³-hybridized carbons (Fsp3) is 0.273. The van der Waals surface area contributed by atoms with E-state index in [4.69, 9.17) is 4.74 Å². The number of rotatable bonds is 6. The Hall–Kier alpha value is -3.68. The predicted molar refractivity (Wildman–Crippen MR) is 114 cm³/mol. The Morgan fingerprint density at radius 2 is 1.90 bits per heavy atom. The molecule has 0 saturated heterocycles. The van der Waals surface area contributed by atoms with Gasteiger partial charge in [0.05, 0.1) is 11.4 Å². The third-order valence-electron chi connectivity index (χ3n) is 5.14. The molecule has 0 unspecified atom stereocenters. The van der Waals surface area contributed by atoms with E-state index in [0.29, 0.717) is 12.3 Å². The van der Waals surface area contributed by atoms with E-state index >= 15 is 0 Å². The van der Waals surface area contributed by atoms with Gasteiger partial charge in [0.2, 0.25) is 0 Å². The van der Waals surface area contributed by atoms with Crippen molar-refractivity contribution < 1.29 is 4.74 Å². The first-order valence-corrected chi connectivity index (χ1v) is 9.81. The quantitative estimate of drug-likeness (QED) is 0.494. The third kappa shape index (κ3) is 3.63. The van der Waals surface area contributed by atoms with Crippen LogP contribution in [0.1, 0.15) is 23.6 Å². The topological polar surface area (TPSA) is 79.8 Å². The minimum absolute atomic E-state index is 0.291. The van der Waals surface area contributed by atoms with E-state index in [1.165, 1.54) is 9.36 Å². The highest BCUT2D eigenvalue weighted by Gasteiger charge is 2.15. The molecule has 0 aliphatic heterocycles. The van der Waals surface area contributed by atoms with E-state index in [0.717, 1.165) is 40.1 Å². The number of aromatic nitrogens is 6. The zero-order valence-corrected chi connectivity index (χ0v) is 17.5. The fourth-order valence-corrected chi connectivity index (χ4v) is 3.47. The highest BCUT2D eigenvalue weighted by atomic mass is 16.5. The zero-order valence-electron chi connectivity index (χ0n) is 17.5. The average molecular weight is 404 g/mol. The first-order chi connectivity index (χ1) is 14.5. The standard InChI is InChI=1S/C22H24N6O2/c1-5-16-7-6-8-20(28-22(29)27(4)24-25-28)18(16)14-30-21-10-9-17(13-15(21)2)19-11-12-26(3)23-19/h6-13H,5,14H2,1-4H3. The van der Waals surface area contributed by atoms with Crippen LogP contribution in [-0.4, -0.2) is 29.6 Å².